The van der Waals surface area contributed by atoms with Gasteiger partial charge in [-0.05, 0) is 61.7 Å². The topological polar surface area (TPSA) is 93.0 Å². The Bertz CT molecular complexity index is 1490. The zero-order valence-corrected chi connectivity index (χ0v) is 20.2. The summed E-state index contributed by atoms with van der Waals surface area (Å²) < 4.78 is 35.2. The van der Waals surface area contributed by atoms with Gasteiger partial charge in [0.15, 0.2) is 0 Å². The number of hydrogen-bond donors (Lipinski definition) is 1. The molecule has 1 saturated heterocycles. The molecular formula is C26H26N4O4S. The van der Waals surface area contributed by atoms with E-state index in [-0.39, 0.29) is 17.4 Å². The average molecular weight is 491 g/mol. The van der Waals surface area contributed by atoms with Crippen LogP contribution in [0.4, 0.5) is 5.69 Å². The molecule has 4 aromatic rings. The monoisotopic (exact) mass is 490 g/mol. The fourth-order valence-corrected chi connectivity index (χ4v) is 5.78. The summed E-state index contributed by atoms with van der Waals surface area (Å²) in [6.45, 7) is 3.25. The second-order valence-electron chi connectivity index (χ2n) is 8.53. The van der Waals surface area contributed by atoms with Gasteiger partial charge < -0.3 is 14.5 Å². The summed E-state index contributed by atoms with van der Waals surface area (Å²) in [5, 5.41) is 2.81. The Kier molecular flexibility index (Phi) is 6.27. The van der Waals surface area contributed by atoms with E-state index in [0.717, 1.165) is 29.7 Å². The molecule has 0 aliphatic carbocycles. The number of aryl methyl sites for hydroxylation is 1. The third-order valence-corrected chi connectivity index (χ3v) is 7.92. The number of amides is 1. The molecule has 1 aliphatic rings. The van der Waals surface area contributed by atoms with Gasteiger partial charge in [0.25, 0.3) is 5.91 Å². The van der Waals surface area contributed by atoms with Crippen LogP contribution in [0.5, 0.6) is 5.75 Å². The summed E-state index contributed by atoms with van der Waals surface area (Å²) in [6, 6.07) is 17.2. The summed E-state index contributed by atoms with van der Waals surface area (Å²) in [4.78, 5) is 17.9. The van der Waals surface area contributed by atoms with Crippen molar-refractivity contribution in [2.75, 3.05) is 18.4 Å². The maximum Gasteiger partial charge on any atom is 0.259 e. The van der Waals surface area contributed by atoms with Crippen LogP contribution >= 0.6 is 0 Å². The zero-order chi connectivity index (χ0) is 24.4. The Labute approximate surface area is 204 Å². The van der Waals surface area contributed by atoms with Crippen molar-refractivity contribution in [1.82, 2.24) is 13.7 Å². The number of aromatic nitrogens is 2. The van der Waals surface area contributed by atoms with E-state index >= 15 is 0 Å². The van der Waals surface area contributed by atoms with E-state index < -0.39 is 10.0 Å². The highest BCUT2D eigenvalue weighted by Gasteiger charge is 2.27. The third-order valence-electron chi connectivity index (χ3n) is 6.03. The first kappa shape index (κ1) is 23.1. The minimum absolute atomic E-state index is 0.170. The first-order valence-electron chi connectivity index (χ1n) is 11.5. The smallest absolute Gasteiger partial charge is 0.259 e. The quantitative estimate of drug-likeness (QED) is 0.418. The SMILES string of the molecule is Cc1cccn2cc(COc3ccccc3C(=O)Nc3cccc(S(=O)(=O)N4CCCC4)c3)nc12. The minimum atomic E-state index is -3.57. The molecule has 5 rings (SSSR count). The number of hydrogen-bond acceptors (Lipinski definition) is 5. The predicted octanol–water partition coefficient (Wildman–Crippen LogP) is 4.26. The Morgan fingerprint density at radius 1 is 1.06 bits per heavy atom. The van der Waals surface area contributed by atoms with Gasteiger partial charge in [0.05, 0.1) is 16.2 Å². The van der Waals surface area contributed by atoms with Gasteiger partial charge in [-0.15, -0.1) is 0 Å². The van der Waals surface area contributed by atoms with Crippen LogP contribution in [0, 0.1) is 6.92 Å². The van der Waals surface area contributed by atoms with Gasteiger partial charge in [-0.2, -0.15) is 4.31 Å². The van der Waals surface area contributed by atoms with E-state index in [1.807, 2.05) is 35.9 Å². The van der Waals surface area contributed by atoms with E-state index in [1.165, 1.54) is 10.4 Å². The summed E-state index contributed by atoms with van der Waals surface area (Å²) in [5.41, 5.74) is 3.42. The molecular weight excluding hydrogens is 464 g/mol. The Balaban J connectivity index is 1.32. The molecule has 8 nitrogen and oxygen atoms in total. The van der Waals surface area contributed by atoms with Crippen molar-refractivity contribution in [3.8, 4) is 5.75 Å². The van der Waals surface area contributed by atoms with Crippen LogP contribution in [0.1, 0.15) is 34.5 Å². The number of carbonyl (C=O) groups excluding carboxylic acids is 1. The van der Waals surface area contributed by atoms with Gasteiger partial charge >= 0.3 is 0 Å². The molecule has 2 aromatic carbocycles. The number of sulfonamides is 1. The molecule has 0 spiro atoms. The highest BCUT2D eigenvalue weighted by atomic mass is 32.2. The van der Waals surface area contributed by atoms with Crippen molar-refractivity contribution in [2.45, 2.75) is 31.3 Å². The number of benzene rings is 2. The van der Waals surface area contributed by atoms with Gasteiger partial charge in [0.2, 0.25) is 10.0 Å². The number of rotatable bonds is 7. The van der Waals surface area contributed by atoms with E-state index in [0.29, 0.717) is 30.1 Å². The molecule has 0 atom stereocenters. The maximum atomic E-state index is 13.1. The Morgan fingerprint density at radius 3 is 2.66 bits per heavy atom. The van der Waals surface area contributed by atoms with Crippen molar-refractivity contribution >= 4 is 27.3 Å². The van der Waals surface area contributed by atoms with Crippen LogP contribution in [-0.4, -0.2) is 41.1 Å². The molecule has 35 heavy (non-hydrogen) atoms. The van der Waals surface area contributed by atoms with E-state index in [2.05, 4.69) is 10.3 Å². The number of anilines is 1. The minimum Gasteiger partial charge on any atom is -0.486 e. The lowest BCUT2D eigenvalue weighted by Crippen LogP contribution is -2.27. The number of carbonyl (C=O) groups is 1. The molecule has 2 aromatic heterocycles. The number of ether oxygens (including phenoxy) is 1. The van der Waals surface area contributed by atoms with Crippen LogP contribution < -0.4 is 10.1 Å². The number of nitrogens with one attached hydrogen (secondary N) is 1. The molecule has 0 saturated carbocycles. The zero-order valence-electron chi connectivity index (χ0n) is 19.3. The second kappa shape index (κ2) is 9.52. The number of fused-ring (bicyclic) bond motifs is 1. The Hall–Kier alpha value is -3.69. The molecule has 9 heteroatoms. The first-order valence-corrected chi connectivity index (χ1v) is 12.9. The summed E-state index contributed by atoms with van der Waals surface area (Å²) in [5.74, 6) is 0.0294. The van der Waals surface area contributed by atoms with Crippen molar-refractivity contribution < 1.29 is 17.9 Å². The fraction of sp³-hybridized carbons (Fsp3) is 0.231. The number of pyridine rings is 1. The van der Waals surface area contributed by atoms with E-state index in [4.69, 9.17) is 4.74 Å². The van der Waals surface area contributed by atoms with Gasteiger partial charge in [0, 0.05) is 31.2 Å². The fourth-order valence-electron chi connectivity index (χ4n) is 4.22. The van der Waals surface area contributed by atoms with Gasteiger partial charge in [-0.3, -0.25) is 4.79 Å². The predicted molar refractivity (Wildman–Crippen MR) is 133 cm³/mol. The van der Waals surface area contributed by atoms with E-state index in [9.17, 15) is 13.2 Å². The van der Waals surface area contributed by atoms with Crippen molar-refractivity contribution in [1.29, 1.82) is 0 Å². The van der Waals surface area contributed by atoms with Crippen LogP contribution in [0.3, 0.4) is 0 Å². The molecule has 1 fully saturated rings. The standard InChI is InChI=1S/C26H26N4O4S/c1-19-8-7-13-29-17-21(27-25(19)29)18-34-24-12-3-2-11-23(24)26(31)28-20-9-6-10-22(16-20)35(32,33)30-14-4-5-15-30/h2-3,6-13,16-17H,4-5,14-15,18H2,1H3,(H,28,31). The lowest BCUT2D eigenvalue weighted by Gasteiger charge is -2.16. The maximum absolute atomic E-state index is 13.1. The summed E-state index contributed by atoms with van der Waals surface area (Å²) in [6.07, 6.45) is 5.55. The molecule has 1 aliphatic heterocycles. The molecule has 0 unspecified atom stereocenters. The van der Waals surface area contributed by atoms with Gasteiger partial charge in [-0.25, -0.2) is 13.4 Å². The third kappa shape index (κ3) is 4.78. The van der Waals surface area contributed by atoms with Crippen LogP contribution in [0.15, 0.2) is 78.0 Å². The van der Waals surface area contributed by atoms with E-state index in [1.54, 1.807) is 42.5 Å². The van der Waals surface area contributed by atoms with Gasteiger partial charge in [0.1, 0.15) is 18.0 Å². The number of imidazole rings is 1. The number of para-hydroxylation sites is 1. The lowest BCUT2D eigenvalue weighted by molar-refractivity contribution is 0.102. The average Bonchev–Trinajstić information content (AvgIpc) is 3.54. The summed E-state index contributed by atoms with van der Waals surface area (Å²) >= 11 is 0. The molecule has 0 radical (unpaired) electrons. The molecule has 180 valence electrons. The largest absolute Gasteiger partial charge is 0.486 e. The highest BCUT2D eigenvalue weighted by molar-refractivity contribution is 7.89. The molecule has 0 bridgehead atoms. The van der Waals surface area contributed by atoms with Crippen LogP contribution in [0.2, 0.25) is 0 Å². The highest BCUT2D eigenvalue weighted by Crippen LogP contribution is 2.25. The molecule has 1 amide bonds. The Morgan fingerprint density at radius 2 is 1.86 bits per heavy atom. The van der Waals surface area contributed by atoms with Crippen molar-refractivity contribution in [3.63, 3.8) is 0 Å². The second-order valence-corrected chi connectivity index (χ2v) is 10.5. The van der Waals surface area contributed by atoms with Crippen LogP contribution in [0.25, 0.3) is 5.65 Å². The normalized spacial score (nSPS) is 14.3. The van der Waals surface area contributed by atoms with Gasteiger partial charge in [-0.1, -0.05) is 24.3 Å². The number of nitrogens with zero attached hydrogens (tertiary/aromatic N) is 3. The summed E-state index contributed by atoms with van der Waals surface area (Å²) in [7, 11) is -3.57. The molecule has 3 heterocycles. The van der Waals surface area contributed by atoms with Crippen LogP contribution in [-0.2, 0) is 16.6 Å². The van der Waals surface area contributed by atoms with Crippen molar-refractivity contribution in [3.05, 3.63) is 89.9 Å². The molecule has 1 N–H and O–H groups in total. The first-order chi connectivity index (χ1) is 16.9. The lowest BCUT2D eigenvalue weighted by atomic mass is 10.2. The van der Waals surface area contributed by atoms with Crippen molar-refractivity contribution in [2.24, 2.45) is 0 Å².